The van der Waals surface area contributed by atoms with Gasteiger partial charge in [-0.1, -0.05) is 38.1 Å². The van der Waals surface area contributed by atoms with E-state index in [1.165, 1.54) is 26.2 Å². The van der Waals surface area contributed by atoms with Crippen molar-refractivity contribution in [2.75, 3.05) is 31.3 Å². The number of sulfonamides is 1. The first-order chi connectivity index (χ1) is 12.8. The van der Waals surface area contributed by atoms with Crippen molar-refractivity contribution in [3.8, 4) is 0 Å². The summed E-state index contributed by atoms with van der Waals surface area (Å²) < 4.78 is 25.6. The second kappa shape index (κ2) is 9.01. The molecule has 6 nitrogen and oxygen atoms in total. The Hall–Kier alpha value is -2.38. The molecule has 0 saturated heterocycles. The summed E-state index contributed by atoms with van der Waals surface area (Å²) in [6, 6.07) is 12.5. The number of benzene rings is 2. The Balaban J connectivity index is 2.09. The van der Waals surface area contributed by atoms with Gasteiger partial charge in [0.05, 0.1) is 11.4 Å². The summed E-state index contributed by atoms with van der Waals surface area (Å²) in [4.78, 5) is 12.6. The maximum Gasteiger partial charge on any atom is 0.243 e. The molecule has 0 bridgehead atoms. The number of hydrogen-bond donors (Lipinski definition) is 2. The average Bonchev–Trinajstić information content (AvgIpc) is 2.66. The number of nitrogens with zero attached hydrogens (tertiary/aromatic N) is 1. The van der Waals surface area contributed by atoms with Gasteiger partial charge < -0.3 is 10.6 Å². The SMILES string of the molecule is CCc1cccc(CC)c1NC(=O)CNc1cccc(S(=O)(=O)N(C)C)c1. The van der Waals surface area contributed by atoms with E-state index in [1.54, 1.807) is 12.1 Å². The van der Waals surface area contributed by atoms with Gasteiger partial charge in [0.15, 0.2) is 0 Å². The molecule has 0 aliphatic carbocycles. The van der Waals surface area contributed by atoms with Crippen LogP contribution in [0, 0.1) is 0 Å². The van der Waals surface area contributed by atoms with E-state index in [2.05, 4.69) is 24.5 Å². The third-order valence-corrected chi connectivity index (χ3v) is 6.14. The molecule has 0 unspecified atom stereocenters. The van der Waals surface area contributed by atoms with Crippen molar-refractivity contribution in [2.45, 2.75) is 31.6 Å². The summed E-state index contributed by atoms with van der Waals surface area (Å²) >= 11 is 0. The van der Waals surface area contributed by atoms with Crippen molar-refractivity contribution in [3.05, 3.63) is 53.6 Å². The Labute approximate surface area is 161 Å². The second-order valence-electron chi connectivity index (χ2n) is 6.38. The largest absolute Gasteiger partial charge is 0.376 e. The molecule has 0 aromatic heterocycles. The number of nitrogens with one attached hydrogen (secondary N) is 2. The molecule has 0 radical (unpaired) electrons. The number of carbonyl (C=O) groups is 1. The van der Waals surface area contributed by atoms with E-state index >= 15 is 0 Å². The minimum Gasteiger partial charge on any atom is -0.376 e. The minimum absolute atomic E-state index is 0.0483. The Kier molecular flexibility index (Phi) is 6.98. The molecule has 0 aliphatic heterocycles. The zero-order valence-corrected chi connectivity index (χ0v) is 17.1. The lowest BCUT2D eigenvalue weighted by Gasteiger charge is -2.15. The summed E-state index contributed by atoms with van der Waals surface area (Å²) in [5.41, 5.74) is 3.65. The number of carbonyl (C=O) groups excluding carboxylic acids is 1. The van der Waals surface area contributed by atoms with Crippen molar-refractivity contribution in [2.24, 2.45) is 0 Å². The summed E-state index contributed by atoms with van der Waals surface area (Å²) in [5, 5.41) is 5.98. The molecular weight excluding hydrogens is 362 g/mol. The van der Waals surface area contributed by atoms with Gasteiger partial charge in [-0.05, 0) is 42.2 Å². The Morgan fingerprint density at radius 2 is 1.59 bits per heavy atom. The van der Waals surface area contributed by atoms with Gasteiger partial charge in [-0.3, -0.25) is 4.79 Å². The zero-order chi connectivity index (χ0) is 20.0. The number of rotatable bonds is 8. The highest BCUT2D eigenvalue weighted by molar-refractivity contribution is 7.89. The number of amides is 1. The molecule has 2 aromatic rings. The Bertz CT molecular complexity index is 886. The second-order valence-corrected chi connectivity index (χ2v) is 8.53. The van der Waals surface area contributed by atoms with Crippen LogP contribution in [0.15, 0.2) is 47.4 Å². The normalized spacial score (nSPS) is 11.4. The molecule has 0 atom stereocenters. The van der Waals surface area contributed by atoms with Gasteiger partial charge in [0.25, 0.3) is 0 Å². The van der Waals surface area contributed by atoms with E-state index in [0.717, 1.165) is 34.0 Å². The van der Waals surface area contributed by atoms with Crippen LogP contribution in [-0.4, -0.2) is 39.3 Å². The van der Waals surface area contributed by atoms with E-state index in [0.29, 0.717) is 5.69 Å². The Morgan fingerprint density at radius 1 is 1.00 bits per heavy atom. The third kappa shape index (κ3) is 5.08. The molecule has 0 spiro atoms. The van der Waals surface area contributed by atoms with Crippen molar-refractivity contribution in [1.29, 1.82) is 0 Å². The van der Waals surface area contributed by atoms with Crippen LogP contribution in [0.5, 0.6) is 0 Å². The molecule has 27 heavy (non-hydrogen) atoms. The fraction of sp³-hybridized carbons (Fsp3) is 0.350. The molecule has 0 heterocycles. The number of hydrogen-bond acceptors (Lipinski definition) is 4. The van der Waals surface area contributed by atoms with Crippen molar-refractivity contribution >= 4 is 27.3 Å². The first-order valence-corrected chi connectivity index (χ1v) is 10.4. The molecule has 2 aromatic carbocycles. The molecule has 0 aliphatic rings. The van der Waals surface area contributed by atoms with Crippen LogP contribution in [-0.2, 0) is 27.7 Å². The average molecular weight is 390 g/mol. The molecule has 2 N–H and O–H groups in total. The van der Waals surface area contributed by atoms with Gasteiger partial charge in [-0.2, -0.15) is 0 Å². The topological polar surface area (TPSA) is 78.5 Å². The van der Waals surface area contributed by atoms with Crippen molar-refractivity contribution in [3.63, 3.8) is 0 Å². The van der Waals surface area contributed by atoms with E-state index in [9.17, 15) is 13.2 Å². The lowest BCUT2D eigenvalue weighted by molar-refractivity contribution is -0.114. The quantitative estimate of drug-likeness (QED) is 0.727. The van der Waals surface area contributed by atoms with Crippen LogP contribution in [0.1, 0.15) is 25.0 Å². The van der Waals surface area contributed by atoms with Gasteiger partial charge in [-0.25, -0.2) is 12.7 Å². The Morgan fingerprint density at radius 3 is 2.15 bits per heavy atom. The molecule has 1 amide bonds. The van der Waals surface area contributed by atoms with Crippen LogP contribution in [0.4, 0.5) is 11.4 Å². The fourth-order valence-electron chi connectivity index (χ4n) is 2.75. The first kappa shape index (κ1) is 20.9. The van der Waals surface area contributed by atoms with E-state index in [-0.39, 0.29) is 17.3 Å². The maximum atomic E-state index is 12.4. The number of anilines is 2. The summed E-state index contributed by atoms with van der Waals surface area (Å²) in [6.07, 6.45) is 1.67. The first-order valence-electron chi connectivity index (χ1n) is 8.96. The standard InChI is InChI=1S/C20H27N3O3S/c1-5-15-9-7-10-16(6-2)20(15)22-19(24)14-21-17-11-8-12-18(13-17)27(25,26)23(3)4/h7-13,21H,5-6,14H2,1-4H3,(H,22,24). The van der Waals surface area contributed by atoms with Gasteiger partial charge in [-0.15, -0.1) is 0 Å². The molecule has 0 fully saturated rings. The van der Waals surface area contributed by atoms with Crippen LogP contribution >= 0.6 is 0 Å². The zero-order valence-electron chi connectivity index (χ0n) is 16.2. The monoisotopic (exact) mass is 389 g/mol. The summed E-state index contributed by atoms with van der Waals surface area (Å²) in [7, 11) is -0.541. The summed E-state index contributed by atoms with van der Waals surface area (Å²) in [6.45, 7) is 4.16. The highest BCUT2D eigenvalue weighted by Crippen LogP contribution is 2.23. The van der Waals surface area contributed by atoms with Gasteiger partial charge in [0.2, 0.25) is 15.9 Å². The van der Waals surface area contributed by atoms with E-state index < -0.39 is 10.0 Å². The maximum absolute atomic E-state index is 12.4. The van der Waals surface area contributed by atoms with Gasteiger partial charge >= 0.3 is 0 Å². The third-order valence-electron chi connectivity index (χ3n) is 4.33. The van der Waals surface area contributed by atoms with Crippen LogP contribution in [0.3, 0.4) is 0 Å². The van der Waals surface area contributed by atoms with Gasteiger partial charge in [0.1, 0.15) is 0 Å². The fourth-order valence-corrected chi connectivity index (χ4v) is 3.69. The molecule has 0 saturated carbocycles. The molecule has 2 rings (SSSR count). The number of para-hydroxylation sites is 1. The molecule has 7 heteroatoms. The van der Waals surface area contributed by atoms with E-state index in [1.807, 2.05) is 18.2 Å². The van der Waals surface area contributed by atoms with Crippen LogP contribution in [0.2, 0.25) is 0 Å². The smallest absolute Gasteiger partial charge is 0.243 e. The lowest BCUT2D eigenvalue weighted by atomic mass is 10.0. The van der Waals surface area contributed by atoms with E-state index in [4.69, 9.17) is 0 Å². The predicted octanol–water partition coefficient (Wildman–Crippen LogP) is 3.11. The van der Waals surface area contributed by atoms with Crippen molar-refractivity contribution < 1.29 is 13.2 Å². The van der Waals surface area contributed by atoms with Gasteiger partial charge in [0, 0.05) is 25.5 Å². The highest BCUT2D eigenvalue weighted by atomic mass is 32.2. The lowest BCUT2D eigenvalue weighted by Crippen LogP contribution is -2.24. The van der Waals surface area contributed by atoms with Crippen molar-refractivity contribution in [1.82, 2.24) is 4.31 Å². The minimum atomic E-state index is -3.51. The summed E-state index contributed by atoms with van der Waals surface area (Å²) in [5.74, 6) is -0.175. The van der Waals surface area contributed by atoms with Crippen LogP contribution in [0.25, 0.3) is 0 Å². The number of aryl methyl sites for hydroxylation is 2. The predicted molar refractivity (Wildman–Crippen MR) is 110 cm³/mol. The highest BCUT2D eigenvalue weighted by Gasteiger charge is 2.17. The van der Waals surface area contributed by atoms with Crippen LogP contribution < -0.4 is 10.6 Å². The molecular formula is C20H27N3O3S. The molecule has 146 valence electrons.